The summed E-state index contributed by atoms with van der Waals surface area (Å²) < 4.78 is 56.6. The number of esters is 4. The molecular weight excluding hydrogens is 476 g/mol. The van der Waals surface area contributed by atoms with Gasteiger partial charge in [-0.15, -0.1) is 0 Å². The molecule has 1 heterocycles. The molecule has 1 aliphatic rings. The van der Waals surface area contributed by atoms with Crippen molar-refractivity contribution in [1.82, 2.24) is 0 Å². The minimum Gasteiger partial charge on any atom is -0.456 e. The number of hydrogen-bond acceptors (Lipinski definition) is 12. The molecule has 2 rings (SSSR count). The van der Waals surface area contributed by atoms with Crippen molar-refractivity contribution in [3.8, 4) is 0 Å². The first kappa shape index (κ1) is 27.2. The Kier molecular flexibility index (Phi) is 9.13. The predicted molar refractivity (Wildman–Crippen MR) is 111 cm³/mol. The number of ether oxygens (including phenoxy) is 5. The molecule has 0 saturated carbocycles. The van der Waals surface area contributed by atoms with Crippen molar-refractivity contribution >= 4 is 34.0 Å². The summed E-state index contributed by atoms with van der Waals surface area (Å²) in [5, 5.41) is 0. The molecule has 1 aromatic rings. The number of carbonyl (C=O) groups is 4. The molecule has 0 bridgehead atoms. The van der Waals surface area contributed by atoms with E-state index in [0.29, 0.717) is 0 Å². The lowest BCUT2D eigenvalue weighted by atomic mass is 9.98. The van der Waals surface area contributed by atoms with E-state index < -0.39 is 71.3 Å². The SMILES string of the molecule is CC(=O)OC1O[C@@H](COS(=O)(=O)c2ccc(C)cc2)[C@@H](OC(C)=O)[C@H](OC(C)=O)[C@@H]1OC(C)=O. The van der Waals surface area contributed by atoms with Crippen molar-refractivity contribution in [1.29, 1.82) is 0 Å². The van der Waals surface area contributed by atoms with Crippen molar-refractivity contribution in [2.45, 2.75) is 70.2 Å². The number of benzene rings is 1. The van der Waals surface area contributed by atoms with Crippen molar-refractivity contribution in [3.63, 3.8) is 0 Å². The van der Waals surface area contributed by atoms with Gasteiger partial charge in [0.25, 0.3) is 10.1 Å². The molecule has 34 heavy (non-hydrogen) atoms. The van der Waals surface area contributed by atoms with Crippen LogP contribution in [0.3, 0.4) is 0 Å². The van der Waals surface area contributed by atoms with Crippen LogP contribution in [-0.2, 0) is 57.2 Å². The highest BCUT2D eigenvalue weighted by Gasteiger charge is 2.53. The lowest BCUT2D eigenvalue weighted by Gasteiger charge is -2.43. The Balaban J connectivity index is 2.40. The Hall–Kier alpha value is -3.03. The topological polar surface area (TPSA) is 158 Å². The summed E-state index contributed by atoms with van der Waals surface area (Å²) in [5.41, 5.74) is 0.828. The summed E-state index contributed by atoms with van der Waals surface area (Å²) in [7, 11) is -4.26. The van der Waals surface area contributed by atoms with Crippen LogP contribution in [0.15, 0.2) is 29.2 Å². The molecular formula is C21H26O12S. The first-order valence-corrected chi connectivity index (χ1v) is 11.5. The fourth-order valence-corrected chi connectivity index (χ4v) is 4.10. The standard InChI is InChI=1S/C21H26O12S/c1-11-6-8-16(9-7-11)34(26,27)28-10-17-18(29-12(2)22)19(30-13(3)23)20(31-14(4)24)21(33-17)32-15(5)25/h6-9,17-21H,10H2,1-5H3/t17-,18+,19-,20-,21?/m0/s1. The molecule has 0 aromatic heterocycles. The summed E-state index contributed by atoms with van der Waals surface area (Å²) >= 11 is 0. The van der Waals surface area contributed by atoms with Crippen molar-refractivity contribution in [3.05, 3.63) is 29.8 Å². The zero-order valence-corrected chi connectivity index (χ0v) is 20.0. The van der Waals surface area contributed by atoms with E-state index in [1.165, 1.54) is 12.1 Å². The highest BCUT2D eigenvalue weighted by atomic mass is 32.2. The Morgan fingerprint density at radius 3 is 1.74 bits per heavy atom. The molecule has 5 atom stereocenters. The molecule has 0 amide bonds. The van der Waals surface area contributed by atoms with Gasteiger partial charge < -0.3 is 23.7 Å². The summed E-state index contributed by atoms with van der Waals surface area (Å²) in [6, 6.07) is 5.84. The normalized spacial score (nSPS) is 24.6. The first-order valence-electron chi connectivity index (χ1n) is 10.1. The van der Waals surface area contributed by atoms with E-state index in [1.807, 2.05) is 0 Å². The molecule has 1 aromatic carbocycles. The highest BCUT2D eigenvalue weighted by Crippen LogP contribution is 2.30. The van der Waals surface area contributed by atoms with Crippen LogP contribution in [0, 0.1) is 6.92 Å². The monoisotopic (exact) mass is 502 g/mol. The minimum atomic E-state index is -4.26. The van der Waals surface area contributed by atoms with Crippen LogP contribution in [0.5, 0.6) is 0 Å². The molecule has 13 heteroatoms. The summed E-state index contributed by atoms with van der Waals surface area (Å²) in [6.45, 7) is 5.29. The highest BCUT2D eigenvalue weighted by molar-refractivity contribution is 7.86. The second kappa shape index (κ2) is 11.4. The van der Waals surface area contributed by atoms with Gasteiger partial charge in [-0.2, -0.15) is 8.42 Å². The second-order valence-electron chi connectivity index (χ2n) is 7.43. The second-order valence-corrected chi connectivity index (χ2v) is 9.04. The quantitative estimate of drug-likeness (QED) is 0.280. The largest absolute Gasteiger partial charge is 0.456 e. The Bertz CT molecular complexity index is 1020. The number of rotatable bonds is 8. The van der Waals surface area contributed by atoms with Crippen molar-refractivity contribution in [2.75, 3.05) is 6.61 Å². The molecule has 0 spiro atoms. The summed E-state index contributed by atoms with van der Waals surface area (Å²) in [5.74, 6) is -3.33. The zero-order valence-electron chi connectivity index (χ0n) is 19.2. The van der Waals surface area contributed by atoms with Crippen LogP contribution in [-0.4, -0.2) is 69.6 Å². The van der Waals surface area contributed by atoms with E-state index in [9.17, 15) is 27.6 Å². The summed E-state index contributed by atoms with van der Waals surface area (Å²) in [4.78, 5) is 46.6. The van der Waals surface area contributed by atoms with E-state index in [4.69, 9.17) is 27.9 Å². The minimum absolute atomic E-state index is 0.135. The third kappa shape index (κ3) is 7.50. The predicted octanol–water partition coefficient (Wildman–Crippen LogP) is 0.783. The summed E-state index contributed by atoms with van der Waals surface area (Å²) in [6.07, 6.45) is -7.50. The van der Waals surface area contributed by atoms with E-state index in [0.717, 1.165) is 33.3 Å². The Labute approximate surface area is 196 Å². The molecule has 0 aliphatic carbocycles. The van der Waals surface area contributed by atoms with Crippen molar-refractivity contribution < 1.29 is 55.5 Å². The van der Waals surface area contributed by atoms with Gasteiger partial charge in [0.15, 0.2) is 12.2 Å². The fraction of sp³-hybridized carbons (Fsp3) is 0.524. The van der Waals surface area contributed by atoms with Crippen LogP contribution in [0.4, 0.5) is 0 Å². The number of carbonyl (C=O) groups excluding carboxylic acids is 4. The van der Waals surface area contributed by atoms with Crippen LogP contribution in [0.2, 0.25) is 0 Å². The Morgan fingerprint density at radius 2 is 1.24 bits per heavy atom. The van der Waals surface area contributed by atoms with Crippen LogP contribution in [0.1, 0.15) is 33.3 Å². The van der Waals surface area contributed by atoms with E-state index in [1.54, 1.807) is 19.1 Å². The van der Waals surface area contributed by atoms with Gasteiger partial charge in [-0.05, 0) is 19.1 Å². The molecule has 0 N–H and O–H groups in total. The third-order valence-electron chi connectivity index (χ3n) is 4.48. The van der Waals surface area contributed by atoms with Crippen LogP contribution in [0.25, 0.3) is 0 Å². The maximum Gasteiger partial charge on any atom is 0.305 e. The first-order chi connectivity index (χ1) is 15.8. The number of aryl methyl sites for hydroxylation is 1. The van der Waals surface area contributed by atoms with Gasteiger partial charge in [-0.3, -0.25) is 23.4 Å². The average Bonchev–Trinajstić information content (AvgIpc) is 2.70. The third-order valence-corrected chi connectivity index (χ3v) is 5.77. The fourth-order valence-electron chi connectivity index (χ4n) is 3.18. The van der Waals surface area contributed by atoms with Gasteiger partial charge in [0.05, 0.1) is 11.5 Å². The maximum atomic E-state index is 12.6. The van der Waals surface area contributed by atoms with Gasteiger partial charge in [-0.25, -0.2) is 0 Å². The smallest absolute Gasteiger partial charge is 0.305 e. The Morgan fingerprint density at radius 1 is 0.765 bits per heavy atom. The molecule has 1 unspecified atom stereocenters. The van der Waals surface area contributed by atoms with Crippen LogP contribution < -0.4 is 0 Å². The van der Waals surface area contributed by atoms with Crippen molar-refractivity contribution in [2.24, 2.45) is 0 Å². The van der Waals surface area contributed by atoms with E-state index in [2.05, 4.69) is 0 Å². The van der Waals surface area contributed by atoms with Gasteiger partial charge in [-0.1, -0.05) is 17.7 Å². The van der Waals surface area contributed by atoms with Gasteiger partial charge >= 0.3 is 23.9 Å². The maximum absolute atomic E-state index is 12.6. The van der Waals surface area contributed by atoms with Gasteiger partial charge in [0.2, 0.25) is 12.4 Å². The molecule has 12 nitrogen and oxygen atoms in total. The zero-order chi connectivity index (χ0) is 25.6. The van der Waals surface area contributed by atoms with E-state index in [-0.39, 0.29) is 4.90 Å². The average molecular weight is 502 g/mol. The van der Waals surface area contributed by atoms with E-state index >= 15 is 0 Å². The van der Waals surface area contributed by atoms with Crippen LogP contribution >= 0.6 is 0 Å². The lowest BCUT2D eigenvalue weighted by Crippen LogP contribution is -2.63. The molecule has 1 fully saturated rings. The molecule has 1 aliphatic heterocycles. The molecule has 188 valence electrons. The lowest BCUT2D eigenvalue weighted by molar-refractivity contribution is -0.298. The van der Waals surface area contributed by atoms with Gasteiger partial charge in [0, 0.05) is 27.7 Å². The molecule has 0 radical (unpaired) electrons. The van der Waals surface area contributed by atoms with Gasteiger partial charge in [0.1, 0.15) is 6.10 Å². The number of hydrogen-bond donors (Lipinski definition) is 0. The molecule has 1 saturated heterocycles.